The number of H-pyrrole nitrogens is 1. The molecule has 0 bridgehead atoms. The summed E-state index contributed by atoms with van der Waals surface area (Å²) in [5, 5.41) is 1.97. The lowest BCUT2D eigenvalue weighted by molar-refractivity contribution is 0.593. The summed E-state index contributed by atoms with van der Waals surface area (Å²) in [6.07, 6.45) is 3.58. The molecule has 0 aliphatic heterocycles. The Morgan fingerprint density at radius 2 is 1.36 bits per heavy atom. The van der Waals surface area contributed by atoms with Crippen molar-refractivity contribution in [3.63, 3.8) is 0 Å². The molecule has 0 spiro atoms. The highest BCUT2D eigenvalue weighted by Crippen LogP contribution is 2.34. The molecule has 0 aliphatic carbocycles. The van der Waals surface area contributed by atoms with E-state index in [1.807, 2.05) is 66.7 Å². The molecule has 6 rings (SSSR count). The van der Waals surface area contributed by atoms with E-state index in [-0.39, 0.29) is 0 Å². The van der Waals surface area contributed by atoms with Crippen LogP contribution >= 0.6 is 0 Å². The highest BCUT2D eigenvalue weighted by atomic mass is 16.3. The quantitative estimate of drug-likeness (QED) is 0.408. The van der Waals surface area contributed by atoms with Gasteiger partial charge in [0.1, 0.15) is 5.76 Å². The average Bonchev–Trinajstić information content (AvgIpc) is 3.42. The van der Waals surface area contributed by atoms with Gasteiger partial charge >= 0.3 is 0 Å². The van der Waals surface area contributed by atoms with Gasteiger partial charge in [0.05, 0.1) is 22.1 Å². The van der Waals surface area contributed by atoms with Gasteiger partial charge in [-0.1, -0.05) is 30.3 Å². The van der Waals surface area contributed by atoms with Crippen molar-refractivity contribution in [3.05, 3.63) is 79.1 Å². The molecule has 0 radical (unpaired) electrons. The lowest BCUT2D eigenvalue weighted by atomic mass is 10.1. The summed E-state index contributed by atoms with van der Waals surface area (Å²) in [7, 11) is 0. The second-order valence-corrected chi connectivity index (χ2v) is 6.64. The normalized spacial score (nSPS) is 11.6. The van der Waals surface area contributed by atoms with Crippen LogP contribution in [-0.2, 0) is 0 Å². The first-order valence-corrected chi connectivity index (χ1v) is 9.05. The third-order valence-corrected chi connectivity index (χ3v) is 4.97. The van der Waals surface area contributed by atoms with Crippen LogP contribution in [0.5, 0.6) is 0 Å². The molecule has 0 atom stereocenters. The van der Waals surface area contributed by atoms with Crippen LogP contribution < -0.4 is 0 Å². The van der Waals surface area contributed by atoms with E-state index in [0.29, 0.717) is 11.6 Å². The number of imidazole rings is 1. The lowest BCUT2D eigenvalue weighted by Gasteiger charge is -2.03. The Labute approximate surface area is 159 Å². The van der Waals surface area contributed by atoms with Crippen LogP contribution in [-0.4, -0.2) is 19.9 Å². The molecule has 0 saturated carbocycles. The average molecular weight is 362 g/mol. The number of furan rings is 1. The van der Waals surface area contributed by atoms with E-state index in [1.54, 1.807) is 12.4 Å². The molecule has 0 saturated heterocycles. The number of aromatic nitrogens is 4. The van der Waals surface area contributed by atoms with Crippen LogP contribution in [0.3, 0.4) is 0 Å². The molecule has 2 aromatic carbocycles. The maximum atomic E-state index is 6.08. The fourth-order valence-electron chi connectivity index (χ4n) is 3.68. The van der Waals surface area contributed by atoms with Crippen LogP contribution in [0.25, 0.3) is 55.7 Å². The molecule has 0 aliphatic rings. The predicted molar refractivity (Wildman–Crippen MR) is 110 cm³/mol. The molecule has 132 valence electrons. The first kappa shape index (κ1) is 15.1. The van der Waals surface area contributed by atoms with Gasteiger partial charge in [-0.2, -0.15) is 0 Å². The van der Waals surface area contributed by atoms with Gasteiger partial charge < -0.3 is 9.40 Å². The van der Waals surface area contributed by atoms with Crippen molar-refractivity contribution in [2.75, 3.05) is 0 Å². The van der Waals surface area contributed by atoms with Crippen molar-refractivity contribution in [2.24, 2.45) is 0 Å². The van der Waals surface area contributed by atoms with Crippen molar-refractivity contribution in [1.82, 2.24) is 19.9 Å². The second-order valence-electron chi connectivity index (χ2n) is 6.64. The van der Waals surface area contributed by atoms with Crippen LogP contribution in [0.4, 0.5) is 0 Å². The SMILES string of the molecule is c1ccc(-c2ccc(-c3nc4c5cccnc5c5ncccc5c4[nH]3)o2)cc1. The number of benzene rings is 2. The third-order valence-electron chi connectivity index (χ3n) is 4.97. The van der Waals surface area contributed by atoms with Crippen LogP contribution in [0.1, 0.15) is 0 Å². The van der Waals surface area contributed by atoms with Gasteiger partial charge in [-0.25, -0.2) is 4.98 Å². The lowest BCUT2D eigenvalue weighted by Crippen LogP contribution is -1.86. The number of nitrogens with one attached hydrogen (secondary N) is 1. The Morgan fingerprint density at radius 3 is 2.18 bits per heavy atom. The number of hydrogen-bond donors (Lipinski definition) is 1. The molecular weight excluding hydrogens is 348 g/mol. The molecule has 0 amide bonds. The van der Waals surface area contributed by atoms with Crippen molar-refractivity contribution >= 4 is 32.8 Å². The topological polar surface area (TPSA) is 67.6 Å². The largest absolute Gasteiger partial charge is 0.453 e. The number of rotatable bonds is 2. The Balaban J connectivity index is 1.61. The molecule has 1 N–H and O–H groups in total. The van der Waals surface area contributed by atoms with E-state index in [1.165, 1.54) is 0 Å². The zero-order chi connectivity index (χ0) is 18.5. The van der Waals surface area contributed by atoms with Gasteiger partial charge in [0, 0.05) is 28.7 Å². The Kier molecular flexibility index (Phi) is 3.10. The van der Waals surface area contributed by atoms with Crippen LogP contribution in [0.2, 0.25) is 0 Å². The minimum absolute atomic E-state index is 0.693. The summed E-state index contributed by atoms with van der Waals surface area (Å²) in [6.45, 7) is 0. The summed E-state index contributed by atoms with van der Waals surface area (Å²) in [5.41, 5.74) is 4.57. The Bertz CT molecular complexity index is 1390. The summed E-state index contributed by atoms with van der Waals surface area (Å²) >= 11 is 0. The fourth-order valence-corrected chi connectivity index (χ4v) is 3.68. The van der Waals surface area contributed by atoms with Gasteiger partial charge in [0.15, 0.2) is 11.6 Å². The van der Waals surface area contributed by atoms with Gasteiger partial charge in [0.2, 0.25) is 0 Å². The van der Waals surface area contributed by atoms with E-state index >= 15 is 0 Å². The second kappa shape index (κ2) is 5.76. The number of fused-ring (bicyclic) bond motifs is 6. The molecule has 5 nitrogen and oxygen atoms in total. The summed E-state index contributed by atoms with van der Waals surface area (Å²) in [4.78, 5) is 17.4. The molecule has 28 heavy (non-hydrogen) atoms. The number of aromatic amines is 1. The van der Waals surface area contributed by atoms with Crippen molar-refractivity contribution < 1.29 is 4.42 Å². The highest BCUT2D eigenvalue weighted by molar-refractivity contribution is 6.20. The number of pyridine rings is 2. The van der Waals surface area contributed by atoms with E-state index in [2.05, 4.69) is 15.0 Å². The zero-order valence-corrected chi connectivity index (χ0v) is 14.8. The molecule has 0 unspecified atom stereocenters. The van der Waals surface area contributed by atoms with E-state index in [4.69, 9.17) is 9.40 Å². The van der Waals surface area contributed by atoms with Gasteiger partial charge in [0.25, 0.3) is 0 Å². The van der Waals surface area contributed by atoms with Gasteiger partial charge in [-0.3, -0.25) is 9.97 Å². The van der Waals surface area contributed by atoms with Crippen molar-refractivity contribution in [3.8, 4) is 22.9 Å². The van der Waals surface area contributed by atoms with Gasteiger partial charge in [-0.15, -0.1) is 0 Å². The molecule has 4 heterocycles. The fraction of sp³-hybridized carbons (Fsp3) is 0. The Hall–Kier alpha value is -3.99. The monoisotopic (exact) mass is 362 g/mol. The van der Waals surface area contributed by atoms with E-state index in [0.717, 1.165) is 44.2 Å². The molecule has 6 aromatic rings. The number of nitrogens with zero attached hydrogens (tertiary/aromatic N) is 3. The zero-order valence-electron chi connectivity index (χ0n) is 14.8. The van der Waals surface area contributed by atoms with E-state index < -0.39 is 0 Å². The first-order chi connectivity index (χ1) is 13.9. The maximum absolute atomic E-state index is 6.08. The standard InChI is InChI=1S/C23H14N4O/c1-2-6-14(7-3-1)17-10-11-18(28-17)23-26-21-15-8-4-12-24-19(15)20-16(22(21)27-23)9-5-13-25-20/h1-13H,(H,26,27). The summed E-state index contributed by atoms with van der Waals surface area (Å²) in [6, 6.07) is 21.9. The van der Waals surface area contributed by atoms with E-state index in [9.17, 15) is 0 Å². The highest BCUT2D eigenvalue weighted by Gasteiger charge is 2.16. The maximum Gasteiger partial charge on any atom is 0.174 e. The minimum Gasteiger partial charge on any atom is -0.453 e. The summed E-state index contributed by atoms with van der Waals surface area (Å²) in [5.74, 6) is 2.21. The van der Waals surface area contributed by atoms with Crippen molar-refractivity contribution in [1.29, 1.82) is 0 Å². The minimum atomic E-state index is 0.693. The van der Waals surface area contributed by atoms with Gasteiger partial charge in [-0.05, 0) is 36.4 Å². The van der Waals surface area contributed by atoms with Crippen LogP contribution in [0, 0.1) is 0 Å². The molecule has 0 fully saturated rings. The van der Waals surface area contributed by atoms with Crippen molar-refractivity contribution in [2.45, 2.75) is 0 Å². The summed E-state index contributed by atoms with van der Waals surface area (Å²) < 4.78 is 6.08. The number of hydrogen-bond acceptors (Lipinski definition) is 4. The molecular formula is C23H14N4O. The molecule has 4 aromatic heterocycles. The smallest absolute Gasteiger partial charge is 0.174 e. The first-order valence-electron chi connectivity index (χ1n) is 9.05. The molecule has 5 heteroatoms. The predicted octanol–water partition coefficient (Wildman–Crippen LogP) is 5.59. The Morgan fingerprint density at radius 1 is 0.643 bits per heavy atom. The van der Waals surface area contributed by atoms with Crippen LogP contribution in [0.15, 0.2) is 83.5 Å². The third kappa shape index (κ3) is 2.16.